The summed E-state index contributed by atoms with van der Waals surface area (Å²) in [6, 6.07) is 4.51. The molecule has 2 aliphatic rings. The Bertz CT molecular complexity index is 699. The van der Waals surface area contributed by atoms with Crippen molar-refractivity contribution in [1.82, 2.24) is 9.80 Å². The number of rotatable bonds is 3. The van der Waals surface area contributed by atoms with Crippen LogP contribution in [-0.2, 0) is 4.79 Å². The predicted molar refractivity (Wildman–Crippen MR) is 111 cm³/mol. The van der Waals surface area contributed by atoms with Crippen molar-refractivity contribution < 1.29 is 9.59 Å². The quantitative estimate of drug-likeness (QED) is 0.790. The van der Waals surface area contributed by atoms with Crippen LogP contribution in [0, 0.1) is 5.92 Å². The van der Waals surface area contributed by atoms with Gasteiger partial charge in [-0.15, -0.1) is 12.4 Å². The average Bonchev–Trinajstić information content (AvgIpc) is 3.12. The molecule has 3 rings (SSSR count). The van der Waals surface area contributed by atoms with E-state index in [1.165, 1.54) is 0 Å². The SMILES string of the molecule is CC(N)C1CCCN(C(=O)C2CCCN2C(=O)c2ccc(Cl)c(Cl)c2)C1.Cl. The monoisotopic (exact) mass is 433 g/mol. The molecular formula is C19H26Cl3N3O2. The molecule has 0 radical (unpaired) electrons. The Hall–Kier alpha value is -1.01. The molecule has 1 aromatic rings. The van der Waals surface area contributed by atoms with E-state index in [4.69, 9.17) is 28.9 Å². The molecule has 2 N–H and O–H groups in total. The van der Waals surface area contributed by atoms with E-state index >= 15 is 0 Å². The van der Waals surface area contributed by atoms with Gasteiger partial charge in [-0.2, -0.15) is 0 Å². The van der Waals surface area contributed by atoms with Gasteiger partial charge in [0.05, 0.1) is 10.0 Å². The van der Waals surface area contributed by atoms with Gasteiger partial charge < -0.3 is 15.5 Å². The lowest BCUT2D eigenvalue weighted by atomic mass is 9.91. The molecule has 0 bridgehead atoms. The topological polar surface area (TPSA) is 66.6 Å². The van der Waals surface area contributed by atoms with Crippen molar-refractivity contribution in [2.24, 2.45) is 11.7 Å². The van der Waals surface area contributed by atoms with Gasteiger partial charge in [0.15, 0.2) is 0 Å². The molecule has 1 aromatic carbocycles. The van der Waals surface area contributed by atoms with E-state index in [2.05, 4.69) is 0 Å². The third kappa shape index (κ3) is 4.89. The van der Waals surface area contributed by atoms with Crippen LogP contribution in [0.3, 0.4) is 0 Å². The van der Waals surface area contributed by atoms with Crippen molar-refractivity contribution in [1.29, 1.82) is 0 Å². The van der Waals surface area contributed by atoms with Gasteiger partial charge in [-0.05, 0) is 56.7 Å². The van der Waals surface area contributed by atoms with E-state index in [1.54, 1.807) is 23.1 Å². The van der Waals surface area contributed by atoms with Gasteiger partial charge in [-0.3, -0.25) is 9.59 Å². The minimum atomic E-state index is -0.399. The minimum absolute atomic E-state index is 0. The van der Waals surface area contributed by atoms with E-state index in [0.717, 1.165) is 25.8 Å². The van der Waals surface area contributed by atoms with Crippen molar-refractivity contribution in [2.75, 3.05) is 19.6 Å². The molecule has 5 nitrogen and oxygen atoms in total. The number of carbonyl (C=O) groups is 2. The summed E-state index contributed by atoms with van der Waals surface area (Å²) < 4.78 is 0. The summed E-state index contributed by atoms with van der Waals surface area (Å²) in [5.74, 6) is 0.203. The molecule has 0 aromatic heterocycles. The summed E-state index contributed by atoms with van der Waals surface area (Å²) in [6.07, 6.45) is 3.54. The molecule has 2 amide bonds. The zero-order valence-electron chi connectivity index (χ0n) is 15.4. The van der Waals surface area contributed by atoms with E-state index in [9.17, 15) is 9.59 Å². The lowest BCUT2D eigenvalue weighted by molar-refractivity contribution is -0.137. The first-order chi connectivity index (χ1) is 12.4. The van der Waals surface area contributed by atoms with Crippen LogP contribution in [0.4, 0.5) is 0 Å². The fourth-order valence-corrected chi connectivity index (χ4v) is 4.21. The van der Waals surface area contributed by atoms with Crippen molar-refractivity contribution >= 4 is 47.4 Å². The third-order valence-electron chi connectivity index (χ3n) is 5.48. The Kier molecular flexibility index (Phi) is 7.81. The first-order valence-electron chi connectivity index (χ1n) is 9.19. The Morgan fingerprint density at radius 3 is 2.52 bits per heavy atom. The van der Waals surface area contributed by atoms with Crippen LogP contribution in [-0.4, -0.2) is 53.3 Å². The van der Waals surface area contributed by atoms with Crippen molar-refractivity contribution in [3.8, 4) is 0 Å². The molecule has 2 fully saturated rings. The molecule has 0 spiro atoms. The smallest absolute Gasteiger partial charge is 0.254 e. The number of halogens is 3. The van der Waals surface area contributed by atoms with Gasteiger partial charge in [0, 0.05) is 31.2 Å². The van der Waals surface area contributed by atoms with E-state index in [1.807, 2.05) is 11.8 Å². The third-order valence-corrected chi connectivity index (χ3v) is 6.22. The fraction of sp³-hybridized carbons (Fsp3) is 0.579. The molecule has 2 heterocycles. The minimum Gasteiger partial charge on any atom is -0.341 e. The molecule has 27 heavy (non-hydrogen) atoms. The van der Waals surface area contributed by atoms with Crippen molar-refractivity contribution in [3.05, 3.63) is 33.8 Å². The molecule has 3 atom stereocenters. The van der Waals surface area contributed by atoms with Crippen molar-refractivity contribution in [3.63, 3.8) is 0 Å². The second-order valence-electron chi connectivity index (χ2n) is 7.33. The summed E-state index contributed by atoms with van der Waals surface area (Å²) in [5, 5.41) is 0.753. The maximum atomic E-state index is 13.1. The van der Waals surface area contributed by atoms with E-state index in [0.29, 0.717) is 41.0 Å². The average molecular weight is 435 g/mol. The van der Waals surface area contributed by atoms with E-state index in [-0.39, 0.29) is 30.3 Å². The maximum absolute atomic E-state index is 13.1. The number of benzene rings is 1. The molecule has 0 saturated carbocycles. The van der Waals surface area contributed by atoms with Crippen LogP contribution in [0.2, 0.25) is 10.0 Å². The maximum Gasteiger partial charge on any atom is 0.254 e. The molecule has 150 valence electrons. The Morgan fingerprint density at radius 2 is 1.85 bits per heavy atom. The summed E-state index contributed by atoms with van der Waals surface area (Å²) in [5.41, 5.74) is 6.50. The lowest BCUT2D eigenvalue weighted by Gasteiger charge is -2.37. The zero-order chi connectivity index (χ0) is 18.8. The van der Waals surface area contributed by atoms with Gasteiger partial charge >= 0.3 is 0 Å². The highest BCUT2D eigenvalue weighted by atomic mass is 35.5. The number of hydrogen-bond acceptors (Lipinski definition) is 3. The number of carbonyl (C=O) groups excluding carboxylic acids is 2. The van der Waals surface area contributed by atoms with Gasteiger partial charge in [0.25, 0.3) is 5.91 Å². The lowest BCUT2D eigenvalue weighted by Crippen LogP contribution is -2.52. The molecule has 2 aliphatic heterocycles. The largest absolute Gasteiger partial charge is 0.341 e. The Balaban J connectivity index is 0.00000261. The summed E-state index contributed by atoms with van der Waals surface area (Å²) in [6.45, 7) is 4.00. The number of hydrogen-bond donors (Lipinski definition) is 1. The second-order valence-corrected chi connectivity index (χ2v) is 8.15. The number of piperidine rings is 1. The zero-order valence-corrected chi connectivity index (χ0v) is 17.7. The fourth-order valence-electron chi connectivity index (χ4n) is 3.91. The van der Waals surface area contributed by atoms with Crippen LogP contribution >= 0.6 is 35.6 Å². The number of amides is 2. The molecule has 0 aliphatic carbocycles. The normalized spacial score (nSPS) is 23.7. The summed E-state index contributed by atoms with van der Waals surface area (Å²) in [4.78, 5) is 29.6. The van der Waals surface area contributed by atoms with Crippen LogP contribution in [0.5, 0.6) is 0 Å². The number of nitrogens with zero attached hydrogens (tertiary/aromatic N) is 2. The standard InChI is InChI=1S/C19H25Cl2N3O2.ClH/c1-12(22)14-4-2-8-23(11-14)19(26)17-5-3-9-24(17)18(25)13-6-7-15(20)16(21)10-13;/h6-7,10,12,14,17H,2-5,8-9,11,22H2,1H3;1H. The molecule has 3 unspecified atom stereocenters. The van der Waals surface area contributed by atoms with Crippen LogP contribution in [0.15, 0.2) is 18.2 Å². The van der Waals surface area contributed by atoms with Crippen LogP contribution in [0.1, 0.15) is 43.0 Å². The first-order valence-corrected chi connectivity index (χ1v) is 9.94. The Morgan fingerprint density at radius 1 is 1.15 bits per heavy atom. The van der Waals surface area contributed by atoms with Gasteiger partial charge in [-0.25, -0.2) is 0 Å². The number of likely N-dealkylation sites (tertiary alicyclic amines) is 2. The molecule has 2 saturated heterocycles. The highest BCUT2D eigenvalue weighted by Crippen LogP contribution is 2.28. The van der Waals surface area contributed by atoms with Crippen LogP contribution in [0.25, 0.3) is 0 Å². The van der Waals surface area contributed by atoms with E-state index < -0.39 is 6.04 Å². The van der Waals surface area contributed by atoms with Gasteiger partial charge in [0.1, 0.15) is 6.04 Å². The Labute approximate surface area is 176 Å². The van der Waals surface area contributed by atoms with Crippen molar-refractivity contribution in [2.45, 2.75) is 44.7 Å². The molecule has 8 heteroatoms. The first kappa shape index (κ1) is 22.3. The highest BCUT2D eigenvalue weighted by Gasteiger charge is 2.38. The highest BCUT2D eigenvalue weighted by molar-refractivity contribution is 6.42. The van der Waals surface area contributed by atoms with Gasteiger partial charge in [0.2, 0.25) is 5.91 Å². The van der Waals surface area contributed by atoms with Gasteiger partial charge in [-0.1, -0.05) is 23.2 Å². The predicted octanol–water partition coefficient (Wildman–Crippen LogP) is 3.61. The molecular weight excluding hydrogens is 409 g/mol. The summed E-state index contributed by atoms with van der Waals surface area (Å²) in [7, 11) is 0. The second kappa shape index (κ2) is 9.46. The van der Waals surface area contributed by atoms with Crippen LogP contribution < -0.4 is 5.73 Å². The summed E-state index contributed by atoms with van der Waals surface area (Å²) >= 11 is 12.0. The number of nitrogens with two attached hydrogens (primary N) is 1.